The molecule has 55 heavy (non-hydrogen) atoms. The maximum Gasteiger partial charge on any atom is 0.397 e. The molecule has 17 heteroatoms. The van der Waals surface area contributed by atoms with E-state index in [0.717, 1.165) is 11.2 Å². The lowest BCUT2D eigenvalue weighted by atomic mass is 10.1. The minimum Gasteiger partial charge on any atom is -0.452 e. The first-order valence-corrected chi connectivity index (χ1v) is 17.9. The molecule has 0 saturated carbocycles. The summed E-state index contributed by atoms with van der Waals surface area (Å²) in [5, 5.41) is 0. The van der Waals surface area contributed by atoms with Crippen molar-refractivity contribution in [2.75, 3.05) is 11.5 Å². The van der Waals surface area contributed by atoms with E-state index < -0.39 is 65.3 Å². The molecule has 4 aromatic carbocycles. The van der Waals surface area contributed by atoms with Crippen LogP contribution in [0.1, 0.15) is 47.7 Å². The molecular weight excluding hydrogens is 735 g/mol. The van der Waals surface area contributed by atoms with E-state index in [-0.39, 0.29) is 39.2 Å². The molecule has 278 valence electrons. The fourth-order valence-electron chi connectivity index (χ4n) is 5.91. The van der Waals surface area contributed by atoms with E-state index in [1.54, 1.807) is 72.8 Å². The van der Waals surface area contributed by atoms with Gasteiger partial charge in [-0.1, -0.05) is 72.8 Å². The number of carbonyl (C=O) groups excluding carboxylic acids is 4. The zero-order chi connectivity index (χ0) is 38.5. The first-order valence-electron chi connectivity index (χ1n) is 16.5. The Bertz CT molecular complexity index is 2400. The van der Waals surface area contributed by atoms with Gasteiger partial charge in [-0.2, -0.15) is 8.42 Å². The monoisotopic (exact) mass is 763 g/mol. The highest BCUT2D eigenvalue weighted by molar-refractivity contribution is 7.80. The number of hydrogen-bond donors (Lipinski definition) is 1. The van der Waals surface area contributed by atoms with Crippen LogP contribution in [0.15, 0.2) is 134 Å². The molecule has 1 aliphatic heterocycles. The largest absolute Gasteiger partial charge is 0.452 e. The maximum absolute atomic E-state index is 14.0. The van der Waals surface area contributed by atoms with Crippen molar-refractivity contribution in [1.82, 2.24) is 19.5 Å². The van der Waals surface area contributed by atoms with Crippen molar-refractivity contribution in [3.8, 4) is 0 Å². The van der Waals surface area contributed by atoms with E-state index >= 15 is 0 Å². The number of rotatable bonds is 11. The number of amides is 2. The standard InChI is InChI=1S/C38H29N5O11S/c44-34(24-13-5-1-6-14-24)43(35(45)25-15-7-2-8-16-25)33-29-32(39-22-40-33)42(23-41-29)36-31(54-38(47)27-19-11-4-12-20-27)30(28(52-36)21-51-55(48,49)50)53-37(46)26-17-9-3-10-18-26/h1-20,22-23,28,30-31,36H,21H2,(H,48,49,50)/t28-,30-,31-,36?/m1/s1. The van der Waals surface area contributed by atoms with Gasteiger partial charge >= 0.3 is 22.3 Å². The normalized spacial score (nSPS) is 18.1. The quantitative estimate of drug-likeness (QED) is 0.110. The van der Waals surface area contributed by atoms with Crippen LogP contribution in [0.4, 0.5) is 5.82 Å². The summed E-state index contributed by atoms with van der Waals surface area (Å²) in [6.07, 6.45) is -3.68. The number of anilines is 1. The lowest BCUT2D eigenvalue weighted by Crippen LogP contribution is -2.41. The highest BCUT2D eigenvalue weighted by Crippen LogP contribution is 2.38. The van der Waals surface area contributed by atoms with Crippen LogP contribution >= 0.6 is 0 Å². The van der Waals surface area contributed by atoms with Gasteiger partial charge in [0, 0.05) is 11.1 Å². The molecule has 7 rings (SSSR count). The summed E-state index contributed by atoms with van der Waals surface area (Å²) in [7, 11) is -5.02. The third-order valence-corrected chi connectivity index (χ3v) is 8.88. The van der Waals surface area contributed by atoms with E-state index in [2.05, 4.69) is 19.1 Å². The molecule has 2 amide bonds. The van der Waals surface area contributed by atoms with Crippen LogP contribution in [-0.2, 0) is 28.8 Å². The Morgan fingerprint density at radius 2 is 1.15 bits per heavy atom. The van der Waals surface area contributed by atoms with Crippen LogP contribution in [0.3, 0.4) is 0 Å². The number of esters is 2. The maximum atomic E-state index is 14.0. The van der Waals surface area contributed by atoms with E-state index in [4.69, 9.17) is 14.2 Å². The Morgan fingerprint density at radius 3 is 1.64 bits per heavy atom. The average molecular weight is 764 g/mol. The fraction of sp³-hybridized carbons (Fsp3) is 0.132. The summed E-state index contributed by atoms with van der Waals surface area (Å²) in [6, 6.07) is 31.8. The zero-order valence-corrected chi connectivity index (χ0v) is 29.2. The summed E-state index contributed by atoms with van der Waals surface area (Å²) >= 11 is 0. The van der Waals surface area contributed by atoms with Crippen LogP contribution in [0, 0.1) is 0 Å². The van der Waals surface area contributed by atoms with Gasteiger partial charge in [0.05, 0.1) is 24.1 Å². The molecule has 0 bridgehead atoms. The van der Waals surface area contributed by atoms with Crippen LogP contribution in [0.25, 0.3) is 11.2 Å². The number of benzene rings is 4. The molecule has 1 aliphatic rings. The Hall–Kier alpha value is -6.66. The molecular formula is C38H29N5O11S. The van der Waals surface area contributed by atoms with Crippen molar-refractivity contribution in [3.63, 3.8) is 0 Å². The molecule has 0 spiro atoms. The molecule has 2 aromatic heterocycles. The topological polar surface area (TPSA) is 206 Å². The van der Waals surface area contributed by atoms with Gasteiger partial charge in [-0.05, 0) is 48.5 Å². The molecule has 1 unspecified atom stereocenters. The summed E-state index contributed by atoms with van der Waals surface area (Å²) in [5.41, 5.74) is 0.520. The Morgan fingerprint density at radius 1 is 0.673 bits per heavy atom. The van der Waals surface area contributed by atoms with Crippen molar-refractivity contribution in [1.29, 1.82) is 0 Å². The zero-order valence-electron chi connectivity index (χ0n) is 28.4. The molecule has 4 atom stereocenters. The van der Waals surface area contributed by atoms with Crippen LogP contribution in [0.2, 0.25) is 0 Å². The molecule has 16 nitrogen and oxygen atoms in total. The fourth-order valence-corrected chi connectivity index (χ4v) is 6.22. The number of fused-ring (bicyclic) bond motifs is 1. The predicted octanol–water partition coefficient (Wildman–Crippen LogP) is 4.48. The molecule has 1 fully saturated rings. The van der Waals surface area contributed by atoms with Crippen molar-refractivity contribution in [2.45, 2.75) is 24.5 Å². The highest BCUT2D eigenvalue weighted by atomic mass is 32.3. The second-order valence-electron chi connectivity index (χ2n) is 11.9. The van der Waals surface area contributed by atoms with Crippen molar-refractivity contribution in [3.05, 3.63) is 156 Å². The number of aromatic nitrogens is 4. The third kappa shape index (κ3) is 7.99. The minimum atomic E-state index is -5.02. The molecule has 3 heterocycles. The Labute approximate surface area is 312 Å². The van der Waals surface area contributed by atoms with Gasteiger partial charge in [-0.15, -0.1) is 0 Å². The number of carbonyl (C=O) groups is 4. The lowest BCUT2D eigenvalue weighted by Gasteiger charge is -2.25. The van der Waals surface area contributed by atoms with Gasteiger partial charge in [0.15, 0.2) is 35.4 Å². The summed E-state index contributed by atoms with van der Waals surface area (Å²) < 4.78 is 56.7. The number of ether oxygens (including phenoxy) is 3. The van der Waals surface area contributed by atoms with Crippen LogP contribution < -0.4 is 4.90 Å². The van der Waals surface area contributed by atoms with Gasteiger partial charge in [-0.3, -0.25) is 18.7 Å². The number of imidazole rings is 1. The van der Waals surface area contributed by atoms with Gasteiger partial charge in [0.25, 0.3) is 11.8 Å². The van der Waals surface area contributed by atoms with E-state index in [0.29, 0.717) is 0 Å². The highest BCUT2D eigenvalue weighted by Gasteiger charge is 2.52. The number of nitrogens with zero attached hydrogens (tertiary/aromatic N) is 5. The van der Waals surface area contributed by atoms with Gasteiger partial charge < -0.3 is 14.2 Å². The van der Waals surface area contributed by atoms with E-state index in [1.807, 2.05) is 0 Å². The van der Waals surface area contributed by atoms with Crippen molar-refractivity contribution in [2.24, 2.45) is 0 Å². The Balaban J connectivity index is 1.33. The Kier molecular flexibility index (Phi) is 10.5. The lowest BCUT2D eigenvalue weighted by molar-refractivity contribution is -0.0542. The first kappa shape index (κ1) is 36.7. The molecule has 1 N–H and O–H groups in total. The van der Waals surface area contributed by atoms with E-state index in [1.165, 1.54) is 59.4 Å². The average Bonchev–Trinajstić information content (AvgIpc) is 3.79. The van der Waals surface area contributed by atoms with Crippen LogP contribution in [-0.4, -0.2) is 81.2 Å². The van der Waals surface area contributed by atoms with Crippen molar-refractivity contribution >= 4 is 51.1 Å². The predicted molar refractivity (Wildman–Crippen MR) is 192 cm³/mol. The van der Waals surface area contributed by atoms with Gasteiger partial charge in [0.1, 0.15) is 12.4 Å². The summed E-state index contributed by atoms with van der Waals surface area (Å²) in [5.74, 6) is -3.36. The second kappa shape index (κ2) is 15.7. The second-order valence-corrected chi connectivity index (χ2v) is 13.0. The van der Waals surface area contributed by atoms with Crippen LogP contribution in [0.5, 0.6) is 0 Å². The summed E-state index contributed by atoms with van der Waals surface area (Å²) in [4.78, 5) is 69.0. The molecule has 1 saturated heterocycles. The number of hydrogen-bond acceptors (Lipinski definition) is 13. The molecule has 6 aromatic rings. The van der Waals surface area contributed by atoms with E-state index in [9.17, 15) is 32.1 Å². The number of imide groups is 1. The van der Waals surface area contributed by atoms with Gasteiger partial charge in [0.2, 0.25) is 0 Å². The molecule has 0 radical (unpaired) electrons. The van der Waals surface area contributed by atoms with Crippen molar-refractivity contribution < 1.29 is 50.5 Å². The smallest absolute Gasteiger partial charge is 0.397 e. The first-order chi connectivity index (χ1) is 26.6. The SMILES string of the molecule is O=C(O[C@@H]1[C@@H](COS(=O)(=O)O)OC(n2cnc3c(N(C(=O)c4ccccc4)C(=O)c4ccccc4)ncnc32)[C@@H]1OC(=O)c1ccccc1)c1ccccc1. The minimum absolute atomic E-state index is 0.0213. The molecule has 0 aliphatic carbocycles. The summed E-state index contributed by atoms with van der Waals surface area (Å²) in [6.45, 7) is -0.876. The van der Waals surface area contributed by atoms with Gasteiger partial charge in [-0.25, -0.2) is 33.6 Å². The third-order valence-electron chi connectivity index (χ3n) is 8.45.